The molecule has 2 rings (SSSR count). The Morgan fingerprint density at radius 2 is 1.68 bits per heavy atom. The van der Waals surface area contributed by atoms with Crippen LogP contribution in [0, 0.1) is 0 Å². The highest BCUT2D eigenvalue weighted by molar-refractivity contribution is 6.30. The highest BCUT2D eigenvalue weighted by Gasteiger charge is 2.24. The molecule has 0 saturated carbocycles. The fraction of sp³-hybridized carbons (Fsp3) is 0.412. The lowest BCUT2D eigenvalue weighted by Crippen LogP contribution is -2.21. The summed E-state index contributed by atoms with van der Waals surface area (Å²) >= 11 is 5.84. The van der Waals surface area contributed by atoms with E-state index >= 15 is 0 Å². The Labute approximate surface area is 136 Å². The molecule has 0 amide bonds. The van der Waals surface area contributed by atoms with Gasteiger partial charge in [0.1, 0.15) is 0 Å². The molecule has 0 radical (unpaired) electrons. The van der Waals surface area contributed by atoms with Gasteiger partial charge < -0.3 is 0 Å². The first kappa shape index (κ1) is 16.6. The Hall–Kier alpha value is -1.81. The van der Waals surface area contributed by atoms with Crippen molar-refractivity contribution in [2.75, 3.05) is 0 Å². The van der Waals surface area contributed by atoms with E-state index in [2.05, 4.69) is 41.2 Å². The van der Waals surface area contributed by atoms with Gasteiger partial charge in [0, 0.05) is 10.4 Å². The highest BCUT2D eigenvalue weighted by Crippen LogP contribution is 2.29. The molecule has 1 aromatic carbocycles. The summed E-state index contributed by atoms with van der Waals surface area (Å²) in [7, 11) is 0. The monoisotopic (exact) mass is 316 g/mol. The third kappa shape index (κ3) is 4.10. The number of benzene rings is 1. The van der Waals surface area contributed by atoms with Gasteiger partial charge in [-0.2, -0.15) is 10.2 Å². The summed E-state index contributed by atoms with van der Waals surface area (Å²) in [5, 5.41) is 17.5. The van der Waals surface area contributed by atoms with Gasteiger partial charge in [0.15, 0.2) is 5.82 Å². The van der Waals surface area contributed by atoms with Crippen LogP contribution >= 0.6 is 11.6 Å². The van der Waals surface area contributed by atoms with Gasteiger partial charge in [-0.25, -0.2) is 0 Å². The number of halogens is 1. The fourth-order valence-electron chi connectivity index (χ4n) is 2.09. The van der Waals surface area contributed by atoms with Gasteiger partial charge in [-0.05, 0) is 42.7 Å². The van der Waals surface area contributed by atoms with Crippen LogP contribution in [-0.4, -0.2) is 10.2 Å². The summed E-state index contributed by atoms with van der Waals surface area (Å²) in [5.74, 6) is 0.535. The average Bonchev–Trinajstić information content (AvgIpc) is 2.56. The summed E-state index contributed by atoms with van der Waals surface area (Å²) in [6.45, 7) is 7.05. The van der Waals surface area contributed by atoms with Crippen LogP contribution in [0.2, 0.25) is 5.02 Å². The maximum atomic E-state index is 5.84. The van der Waals surface area contributed by atoms with E-state index in [9.17, 15) is 0 Å². The lowest BCUT2D eigenvalue weighted by Gasteiger charge is -2.25. The van der Waals surface area contributed by atoms with Crippen LogP contribution in [0.5, 0.6) is 0 Å². The molecule has 0 bridgehead atoms. The molecule has 0 aliphatic heterocycles. The molecule has 4 nitrogen and oxygen atoms in total. The zero-order chi connectivity index (χ0) is 16.0. The van der Waals surface area contributed by atoms with Crippen LogP contribution < -0.4 is 0 Å². The molecule has 0 unspecified atom stereocenters. The van der Waals surface area contributed by atoms with E-state index in [0.717, 1.165) is 29.1 Å². The summed E-state index contributed by atoms with van der Waals surface area (Å²) in [5.41, 5.74) is 2.14. The van der Waals surface area contributed by atoms with Gasteiger partial charge in [0.25, 0.3) is 0 Å². The SMILES string of the molecule is CCC(C)(CC)c1ccc(N=NCc2ccc(Cl)cc2)nn1. The molecular weight excluding hydrogens is 296 g/mol. The predicted octanol–water partition coefficient (Wildman–Crippen LogP) is 5.49. The Balaban J connectivity index is 2.02. The molecule has 22 heavy (non-hydrogen) atoms. The highest BCUT2D eigenvalue weighted by atomic mass is 35.5. The molecule has 2 aromatic rings. The number of hydrogen-bond acceptors (Lipinski definition) is 4. The predicted molar refractivity (Wildman–Crippen MR) is 89.6 cm³/mol. The Kier molecular flexibility index (Phi) is 5.61. The fourth-order valence-corrected chi connectivity index (χ4v) is 2.22. The van der Waals surface area contributed by atoms with Crippen molar-refractivity contribution in [2.24, 2.45) is 10.2 Å². The van der Waals surface area contributed by atoms with Crippen LogP contribution in [0.25, 0.3) is 0 Å². The van der Waals surface area contributed by atoms with Crippen LogP contribution in [0.15, 0.2) is 46.6 Å². The van der Waals surface area contributed by atoms with Crippen molar-refractivity contribution in [3.63, 3.8) is 0 Å². The first-order chi connectivity index (χ1) is 10.6. The third-order valence-electron chi connectivity index (χ3n) is 4.17. The molecule has 0 fully saturated rings. The van der Waals surface area contributed by atoms with Crippen LogP contribution in [0.4, 0.5) is 5.82 Å². The minimum Gasteiger partial charge on any atom is -0.182 e. The molecule has 5 heteroatoms. The Morgan fingerprint density at radius 3 is 2.23 bits per heavy atom. The van der Waals surface area contributed by atoms with E-state index in [4.69, 9.17) is 11.6 Å². The number of azo groups is 1. The van der Waals surface area contributed by atoms with Crippen LogP contribution in [0.1, 0.15) is 44.9 Å². The average molecular weight is 317 g/mol. The minimum absolute atomic E-state index is 0.0754. The van der Waals surface area contributed by atoms with Crippen molar-refractivity contribution >= 4 is 17.4 Å². The summed E-state index contributed by atoms with van der Waals surface area (Å²) in [6, 6.07) is 11.4. The van der Waals surface area contributed by atoms with E-state index < -0.39 is 0 Å². The van der Waals surface area contributed by atoms with Gasteiger partial charge in [0.05, 0.1) is 12.2 Å². The second kappa shape index (κ2) is 7.45. The Bertz CT molecular complexity index is 616. The van der Waals surface area contributed by atoms with E-state index in [1.807, 2.05) is 36.4 Å². The number of rotatable bonds is 6. The lowest BCUT2D eigenvalue weighted by atomic mass is 9.81. The second-order valence-electron chi connectivity index (χ2n) is 5.57. The van der Waals surface area contributed by atoms with Gasteiger partial charge >= 0.3 is 0 Å². The molecule has 0 N–H and O–H groups in total. The number of nitrogens with zero attached hydrogens (tertiary/aromatic N) is 4. The lowest BCUT2D eigenvalue weighted by molar-refractivity contribution is 0.421. The molecule has 116 valence electrons. The minimum atomic E-state index is 0.0754. The second-order valence-corrected chi connectivity index (χ2v) is 6.01. The van der Waals surface area contributed by atoms with Gasteiger partial charge in [-0.3, -0.25) is 0 Å². The van der Waals surface area contributed by atoms with Crippen molar-refractivity contribution in [1.82, 2.24) is 10.2 Å². The zero-order valence-electron chi connectivity index (χ0n) is 13.3. The first-order valence-electron chi connectivity index (χ1n) is 7.53. The number of aromatic nitrogens is 2. The molecule has 0 aliphatic rings. The third-order valence-corrected chi connectivity index (χ3v) is 4.42. The summed E-state index contributed by atoms with van der Waals surface area (Å²) < 4.78 is 0. The van der Waals surface area contributed by atoms with Gasteiger partial charge in [-0.15, -0.1) is 10.2 Å². The standard InChI is InChI=1S/C17H21ClN4/c1-4-17(3,5-2)15-10-11-16(22-20-15)21-19-12-13-6-8-14(18)9-7-13/h6-11H,4-5,12H2,1-3H3. The zero-order valence-corrected chi connectivity index (χ0v) is 14.0. The largest absolute Gasteiger partial charge is 0.195 e. The molecule has 0 spiro atoms. The molecule has 1 heterocycles. The van der Waals surface area contributed by atoms with Crippen LogP contribution in [-0.2, 0) is 12.0 Å². The normalized spacial score (nSPS) is 12.0. The van der Waals surface area contributed by atoms with E-state index in [-0.39, 0.29) is 5.41 Å². The van der Waals surface area contributed by atoms with E-state index in [0.29, 0.717) is 12.4 Å². The first-order valence-corrected chi connectivity index (χ1v) is 7.91. The van der Waals surface area contributed by atoms with Crippen molar-refractivity contribution in [3.8, 4) is 0 Å². The molecule has 0 atom stereocenters. The smallest absolute Gasteiger partial charge is 0.182 e. The molecule has 0 aliphatic carbocycles. The summed E-state index contributed by atoms with van der Waals surface area (Å²) in [6.07, 6.45) is 2.07. The van der Waals surface area contributed by atoms with Crippen molar-refractivity contribution in [1.29, 1.82) is 0 Å². The van der Waals surface area contributed by atoms with Crippen molar-refractivity contribution in [2.45, 2.75) is 45.6 Å². The van der Waals surface area contributed by atoms with Gasteiger partial charge in [0.2, 0.25) is 0 Å². The van der Waals surface area contributed by atoms with Crippen molar-refractivity contribution in [3.05, 3.63) is 52.7 Å². The molecular formula is C17H21ClN4. The van der Waals surface area contributed by atoms with E-state index in [1.54, 1.807) is 0 Å². The quantitative estimate of drug-likeness (QED) is 0.661. The molecule has 1 aromatic heterocycles. The van der Waals surface area contributed by atoms with Crippen molar-refractivity contribution < 1.29 is 0 Å². The van der Waals surface area contributed by atoms with E-state index in [1.165, 1.54) is 0 Å². The topological polar surface area (TPSA) is 50.5 Å². The maximum absolute atomic E-state index is 5.84. The molecule has 0 saturated heterocycles. The number of hydrogen-bond donors (Lipinski definition) is 0. The summed E-state index contributed by atoms with van der Waals surface area (Å²) in [4.78, 5) is 0. The van der Waals surface area contributed by atoms with Gasteiger partial charge in [-0.1, -0.05) is 44.5 Å². The Morgan fingerprint density at radius 1 is 1.00 bits per heavy atom. The van der Waals surface area contributed by atoms with Crippen LogP contribution in [0.3, 0.4) is 0 Å². The maximum Gasteiger partial charge on any atom is 0.195 e.